The monoisotopic (exact) mass is 334 g/mol. The molecule has 1 aliphatic rings. The van der Waals surface area contributed by atoms with Crippen LogP contribution in [0.1, 0.15) is 16.3 Å². The summed E-state index contributed by atoms with van der Waals surface area (Å²) in [5.41, 5.74) is 0.955. The molecule has 23 heavy (non-hydrogen) atoms. The average Bonchev–Trinajstić information content (AvgIpc) is 3.20. The Morgan fingerprint density at radius 2 is 2.22 bits per heavy atom. The molecule has 7 heteroatoms. The Bertz CT molecular complexity index is 618. The minimum Gasteiger partial charge on any atom is -0.361 e. The van der Waals surface area contributed by atoms with Crippen molar-refractivity contribution in [3.05, 3.63) is 39.9 Å². The van der Waals surface area contributed by atoms with Crippen LogP contribution >= 0.6 is 11.3 Å². The number of nitrogens with zero attached hydrogens (tertiary/aromatic N) is 3. The van der Waals surface area contributed by atoms with Gasteiger partial charge in [0.25, 0.3) is 0 Å². The minimum atomic E-state index is 0.0403. The van der Waals surface area contributed by atoms with E-state index < -0.39 is 0 Å². The number of aromatic nitrogens is 1. The normalized spacial score (nSPS) is 15.8. The number of nitrogens with one attached hydrogen (secondary N) is 1. The predicted molar refractivity (Wildman–Crippen MR) is 89.5 cm³/mol. The number of amides is 2. The van der Waals surface area contributed by atoms with Crippen LogP contribution in [0.3, 0.4) is 0 Å². The zero-order valence-corrected chi connectivity index (χ0v) is 14.1. The molecule has 0 aliphatic carbocycles. The fourth-order valence-electron chi connectivity index (χ4n) is 2.69. The van der Waals surface area contributed by atoms with Crippen molar-refractivity contribution in [3.8, 4) is 0 Å². The SMILES string of the molecule is Cc1cc(CN2CCN(C(=O)NCCc3cccs3)CC2)no1. The van der Waals surface area contributed by atoms with Gasteiger partial charge in [-0.25, -0.2) is 4.79 Å². The van der Waals surface area contributed by atoms with Crippen LogP contribution in [0.15, 0.2) is 28.1 Å². The van der Waals surface area contributed by atoms with Crippen LogP contribution < -0.4 is 5.32 Å². The zero-order chi connectivity index (χ0) is 16.1. The predicted octanol–water partition coefficient (Wildman–Crippen LogP) is 2.11. The van der Waals surface area contributed by atoms with E-state index in [2.05, 4.69) is 26.8 Å². The Hall–Kier alpha value is -1.86. The van der Waals surface area contributed by atoms with Crippen molar-refractivity contribution in [2.24, 2.45) is 0 Å². The lowest BCUT2D eigenvalue weighted by Gasteiger charge is -2.34. The summed E-state index contributed by atoms with van der Waals surface area (Å²) in [7, 11) is 0. The number of hydrogen-bond acceptors (Lipinski definition) is 5. The van der Waals surface area contributed by atoms with Crippen molar-refractivity contribution in [1.29, 1.82) is 0 Å². The molecule has 1 fully saturated rings. The van der Waals surface area contributed by atoms with Gasteiger partial charge < -0.3 is 14.7 Å². The number of thiophene rings is 1. The topological polar surface area (TPSA) is 61.6 Å². The van der Waals surface area contributed by atoms with E-state index in [1.165, 1.54) is 4.88 Å². The van der Waals surface area contributed by atoms with Crippen LogP contribution in [-0.2, 0) is 13.0 Å². The van der Waals surface area contributed by atoms with Gasteiger partial charge in [0.2, 0.25) is 0 Å². The number of urea groups is 1. The molecular weight excluding hydrogens is 312 g/mol. The second-order valence-corrected chi connectivity index (χ2v) is 6.79. The molecule has 2 aromatic rings. The van der Waals surface area contributed by atoms with E-state index in [1.54, 1.807) is 11.3 Å². The Labute approximate surface area is 140 Å². The molecule has 6 nitrogen and oxygen atoms in total. The van der Waals surface area contributed by atoms with E-state index in [9.17, 15) is 4.79 Å². The Morgan fingerprint density at radius 1 is 1.39 bits per heavy atom. The second-order valence-electron chi connectivity index (χ2n) is 5.75. The van der Waals surface area contributed by atoms with Crippen LogP contribution in [-0.4, -0.2) is 53.7 Å². The third-order valence-corrected chi connectivity index (χ3v) is 4.89. The van der Waals surface area contributed by atoms with Gasteiger partial charge in [0.1, 0.15) is 5.76 Å². The van der Waals surface area contributed by atoms with Gasteiger partial charge >= 0.3 is 6.03 Å². The molecule has 3 rings (SSSR count). The zero-order valence-electron chi connectivity index (χ0n) is 13.3. The first-order valence-electron chi connectivity index (χ1n) is 7.90. The van der Waals surface area contributed by atoms with E-state index in [1.807, 2.05) is 24.0 Å². The third-order valence-electron chi connectivity index (χ3n) is 3.95. The van der Waals surface area contributed by atoms with Gasteiger partial charge in [-0.3, -0.25) is 4.90 Å². The first kappa shape index (κ1) is 16.0. The first-order chi connectivity index (χ1) is 11.2. The Balaban J connectivity index is 1.37. The molecule has 3 heterocycles. The summed E-state index contributed by atoms with van der Waals surface area (Å²) in [6, 6.07) is 6.14. The number of aryl methyl sites for hydroxylation is 1. The summed E-state index contributed by atoms with van der Waals surface area (Å²) in [6.07, 6.45) is 0.898. The summed E-state index contributed by atoms with van der Waals surface area (Å²) in [5, 5.41) is 9.09. The lowest BCUT2D eigenvalue weighted by Crippen LogP contribution is -2.51. The second kappa shape index (κ2) is 7.61. The molecule has 2 amide bonds. The van der Waals surface area contributed by atoms with Gasteiger partial charge in [-0.15, -0.1) is 11.3 Å². The quantitative estimate of drug-likeness (QED) is 0.910. The van der Waals surface area contributed by atoms with Crippen molar-refractivity contribution in [3.63, 3.8) is 0 Å². The highest BCUT2D eigenvalue weighted by Gasteiger charge is 2.21. The lowest BCUT2D eigenvalue weighted by molar-refractivity contribution is 0.133. The standard InChI is InChI=1S/C16H22N4O2S/c1-13-11-14(18-22-13)12-19-6-8-20(9-7-19)16(21)17-5-4-15-3-2-10-23-15/h2-3,10-11H,4-9,12H2,1H3,(H,17,21). The smallest absolute Gasteiger partial charge is 0.317 e. The number of carbonyl (C=O) groups excluding carboxylic acids is 1. The third kappa shape index (κ3) is 4.56. The highest BCUT2D eigenvalue weighted by molar-refractivity contribution is 7.09. The number of carbonyl (C=O) groups is 1. The van der Waals surface area contributed by atoms with E-state index in [0.29, 0.717) is 6.54 Å². The Morgan fingerprint density at radius 3 is 2.87 bits per heavy atom. The average molecular weight is 334 g/mol. The van der Waals surface area contributed by atoms with Gasteiger partial charge in [0, 0.05) is 50.2 Å². The fourth-order valence-corrected chi connectivity index (χ4v) is 3.40. The molecule has 0 atom stereocenters. The Kier molecular flexibility index (Phi) is 5.30. The van der Waals surface area contributed by atoms with Crippen molar-refractivity contribution in [1.82, 2.24) is 20.3 Å². The number of piperazine rings is 1. The van der Waals surface area contributed by atoms with Crippen molar-refractivity contribution >= 4 is 17.4 Å². The lowest BCUT2D eigenvalue weighted by atomic mass is 10.3. The summed E-state index contributed by atoms with van der Waals surface area (Å²) in [5.74, 6) is 0.837. The molecule has 1 saturated heterocycles. The van der Waals surface area contributed by atoms with Crippen LogP contribution in [0.25, 0.3) is 0 Å². The van der Waals surface area contributed by atoms with Gasteiger partial charge in [-0.2, -0.15) is 0 Å². The molecule has 0 saturated carbocycles. The van der Waals surface area contributed by atoms with Gasteiger partial charge in [0.15, 0.2) is 0 Å². The summed E-state index contributed by atoms with van der Waals surface area (Å²) >= 11 is 1.73. The molecule has 1 aliphatic heterocycles. The number of rotatable bonds is 5. The minimum absolute atomic E-state index is 0.0403. The maximum atomic E-state index is 12.2. The maximum Gasteiger partial charge on any atom is 0.317 e. The number of hydrogen-bond donors (Lipinski definition) is 1. The molecule has 0 aromatic carbocycles. The molecule has 0 radical (unpaired) electrons. The van der Waals surface area contributed by atoms with E-state index >= 15 is 0 Å². The molecule has 2 aromatic heterocycles. The largest absolute Gasteiger partial charge is 0.361 e. The van der Waals surface area contributed by atoms with E-state index in [4.69, 9.17) is 4.52 Å². The van der Waals surface area contributed by atoms with Crippen molar-refractivity contribution < 1.29 is 9.32 Å². The fraction of sp³-hybridized carbons (Fsp3) is 0.500. The first-order valence-corrected chi connectivity index (χ1v) is 8.78. The summed E-state index contributed by atoms with van der Waals surface area (Å²) < 4.78 is 5.09. The molecule has 0 spiro atoms. The molecule has 0 unspecified atom stereocenters. The van der Waals surface area contributed by atoms with Crippen LogP contribution in [0, 0.1) is 6.92 Å². The molecule has 124 valence electrons. The summed E-state index contributed by atoms with van der Waals surface area (Å²) in [6.45, 7) is 6.61. The van der Waals surface area contributed by atoms with E-state index in [0.717, 1.165) is 50.6 Å². The van der Waals surface area contributed by atoms with Crippen molar-refractivity contribution in [2.45, 2.75) is 19.9 Å². The molecule has 0 bridgehead atoms. The highest BCUT2D eigenvalue weighted by atomic mass is 32.1. The summed E-state index contributed by atoms with van der Waals surface area (Å²) in [4.78, 5) is 17.7. The maximum absolute atomic E-state index is 12.2. The highest BCUT2D eigenvalue weighted by Crippen LogP contribution is 2.10. The van der Waals surface area contributed by atoms with Gasteiger partial charge in [-0.1, -0.05) is 11.2 Å². The van der Waals surface area contributed by atoms with E-state index in [-0.39, 0.29) is 6.03 Å². The van der Waals surface area contributed by atoms with Crippen LogP contribution in [0.5, 0.6) is 0 Å². The van der Waals surface area contributed by atoms with Gasteiger partial charge in [-0.05, 0) is 24.8 Å². The van der Waals surface area contributed by atoms with Crippen molar-refractivity contribution in [2.75, 3.05) is 32.7 Å². The molecule has 1 N–H and O–H groups in total. The van der Waals surface area contributed by atoms with Crippen LogP contribution in [0.2, 0.25) is 0 Å². The van der Waals surface area contributed by atoms with Gasteiger partial charge in [0.05, 0.1) is 5.69 Å². The van der Waals surface area contributed by atoms with Crippen LogP contribution in [0.4, 0.5) is 4.79 Å². The molecular formula is C16H22N4O2S.